The third-order valence-corrected chi connectivity index (χ3v) is 5.74. The van der Waals surface area contributed by atoms with E-state index in [1.807, 2.05) is 0 Å². The molecule has 0 bridgehead atoms. The maximum Gasteiger partial charge on any atom is 0.245 e. The molecular weight excluding hydrogens is 442 g/mol. The van der Waals surface area contributed by atoms with Gasteiger partial charge in [0.1, 0.15) is 18.3 Å². The molecule has 191 valence electrons. The largest absolute Gasteiger partial charge is 0.386 e. The van der Waals surface area contributed by atoms with Gasteiger partial charge in [0.25, 0.3) is 0 Å². The number of aliphatic hydroxyl groups is 3. The predicted octanol–water partition coefficient (Wildman–Crippen LogP) is 1.82. The molecule has 0 aliphatic carbocycles. The lowest BCUT2D eigenvalue weighted by Gasteiger charge is -2.23. The van der Waals surface area contributed by atoms with Crippen molar-refractivity contribution in [3.63, 3.8) is 0 Å². The molecule has 6 atom stereocenters. The van der Waals surface area contributed by atoms with Gasteiger partial charge in [-0.25, -0.2) is 0 Å². The lowest BCUT2D eigenvalue weighted by atomic mass is 9.91. The fourth-order valence-corrected chi connectivity index (χ4v) is 3.72. The molecule has 0 saturated heterocycles. The highest BCUT2D eigenvalue weighted by molar-refractivity contribution is 5.50. The number of nitro groups is 3. The molecule has 0 fully saturated rings. The molecule has 13 heteroatoms. The van der Waals surface area contributed by atoms with E-state index >= 15 is 0 Å². The molecular formula is C20H36N3O10. The fraction of sp³-hybridized carbons (Fsp3) is 0.950. The molecule has 13 nitrogen and oxygen atoms in total. The molecule has 0 spiro atoms. The lowest BCUT2D eigenvalue weighted by molar-refractivity contribution is -0.574. The van der Waals surface area contributed by atoms with Crippen LogP contribution in [0.15, 0.2) is 0 Å². The van der Waals surface area contributed by atoms with Gasteiger partial charge >= 0.3 is 0 Å². The number of hydrogen-bond donors (Lipinski definition) is 3. The Hall–Kier alpha value is -2.25. The van der Waals surface area contributed by atoms with Crippen LogP contribution in [-0.2, 0) is 4.79 Å². The topological polar surface area (TPSA) is 207 Å². The number of hydrogen-bond acceptors (Lipinski definition) is 10. The van der Waals surface area contributed by atoms with Crippen molar-refractivity contribution in [3.05, 3.63) is 30.3 Å². The maximum atomic E-state index is 11.5. The van der Waals surface area contributed by atoms with E-state index in [4.69, 9.17) is 0 Å². The van der Waals surface area contributed by atoms with E-state index < -0.39 is 64.0 Å². The van der Waals surface area contributed by atoms with Crippen molar-refractivity contribution in [2.75, 3.05) is 0 Å². The van der Waals surface area contributed by atoms with Crippen LogP contribution in [0.25, 0.3) is 0 Å². The highest BCUT2D eigenvalue weighted by Crippen LogP contribution is 2.21. The van der Waals surface area contributed by atoms with Crippen molar-refractivity contribution in [1.82, 2.24) is 0 Å². The first kappa shape index (κ1) is 30.8. The van der Waals surface area contributed by atoms with Crippen LogP contribution >= 0.6 is 0 Å². The molecule has 0 aromatic rings. The summed E-state index contributed by atoms with van der Waals surface area (Å²) in [7, 11) is 0. The first-order valence-electron chi connectivity index (χ1n) is 11.4. The molecule has 3 N–H and O–H groups in total. The van der Waals surface area contributed by atoms with Crippen molar-refractivity contribution in [2.45, 2.75) is 120 Å². The Kier molecular flexibility index (Phi) is 16.1. The highest BCUT2D eigenvalue weighted by Gasteiger charge is 2.43. The third kappa shape index (κ3) is 12.5. The van der Waals surface area contributed by atoms with Crippen LogP contribution in [0.5, 0.6) is 0 Å². The molecule has 0 aliphatic heterocycles. The van der Waals surface area contributed by atoms with E-state index in [0.29, 0.717) is 6.42 Å². The second-order valence-corrected chi connectivity index (χ2v) is 8.32. The minimum absolute atomic E-state index is 0.0645. The summed E-state index contributed by atoms with van der Waals surface area (Å²) in [6.45, 7) is 2.06. The van der Waals surface area contributed by atoms with Gasteiger partial charge < -0.3 is 15.3 Å². The monoisotopic (exact) mass is 478 g/mol. The quantitative estimate of drug-likeness (QED) is 0.124. The molecule has 0 aromatic carbocycles. The fourth-order valence-electron chi connectivity index (χ4n) is 3.72. The average molecular weight is 479 g/mol. The number of nitrogens with zero attached hydrogens (tertiary/aromatic N) is 3. The third-order valence-electron chi connectivity index (χ3n) is 5.74. The van der Waals surface area contributed by atoms with Gasteiger partial charge in [0.15, 0.2) is 6.29 Å². The van der Waals surface area contributed by atoms with Gasteiger partial charge in [-0.2, -0.15) is 0 Å². The first-order chi connectivity index (χ1) is 15.6. The Balaban J connectivity index is 5.05. The molecule has 1 radical (unpaired) electrons. The van der Waals surface area contributed by atoms with E-state index in [1.165, 1.54) is 0 Å². The number of aliphatic hydroxyl groups excluding tert-OH is 3. The van der Waals surface area contributed by atoms with Gasteiger partial charge in [-0.15, -0.1) is 0 Å². The zero-order valence-corrected chi connectivity index (χ0v) is 19.0. The second-order valence-electron chi connectivity index (χ2n) is 8.32. The van der Waals surface area contributed by atoms with E-state index in [0.717, 1.165) is 32.1 Å². The molecule has 6 unspecified atom stereocenters. The first-order valence-corrected chi connectivity index (χ1v) is 11.4. The summed E-state index contributed by atoms with van der Waals surface area (Å²) in [6, 6.07) is -5.16. The highest BCUT2D eigenvalue weighted by atomic mass is 16.6. The summed E-state index contributed by atoms with van der Waals surface area (Å²) in [4.78, 5) is 41.8. The van der Waals surface area contributed by atoms with Crippen LogP contribution < -0.4 is 0 Å². The number of unbranched alkanes of at least 4 members (excludes halogenated alkanes) is 6. The average Bonchev–Trinajstić information content (AvgIpc) is 2.72. The van der Waals surface area contributed by atoms with Gasteiger partial charge in [-0.3, -0.25) is 35.1 Å². The van der Waals surface area contributed by atoms with Crippen molar-refractivity contribution in [2.24, 2.45) is 0 Å². The predicted molar refractivity (Wildman–Crippen MR) is 117 cm³/mol. The smallest absolute Gasteiger partial charge is 0.245 e. The SMILES string of the molecule is CCCCCCCCC(O)C(CC(C(O)CC(O)C(CCC[C]=O)[N+](=O)[O-])[N+](=O)[O-])[N+](=O)[O-]. The number of carbonyl (C=O) groups excluding carboxylic acids is 1. The Morgan fingerprint density at radius 1 is 0.667 bits per heavy atom. The molecule has 33 heavy (non-hydrogen) atoms. The standard InChI is InChI=1S/C20H36N3O10/c1-2-3-4-5-6-7-11-18(25)16(22(30)31)13-17(23(32)33)20(27)14-19(26)15(21(28)29)10-8-9-12-24/h15-20,25-27H,2-11,13-14H2,1H3. The molecule has 0 aromatic heterocycles. The zero-order chi connectivity index (χ0) is 25.4. The van der Waals surface area contributed by atoms with Crippen molar-refractivity contribution in [1.29, 1.82) is 0 Å². The van der Waals surface area contributed by atoms with Crippen LogP contribution in [0, 0.1) is 30.3 Å². The minimum Gasteiger partial charge on any atom is -0.386 e. The van der Waals surface area contributed by atoms with E-state index in [-0.39, 0.29) is 25.7 Å². The van der Waals surface area contributed by atoms with E-state index in [1.54, 1.807) is 6.29 Å². The van der Waals surface area contributed by atoms with Gasteiger partial charge in [-0.05, 0) is 12.8 Å². The van der Waals surface area contributed by atoms with Crippen LogP contribution in [0.3, 0.4) is 0 Å². The normalized spacial score (nSPS) is 16.8. The second kappa shape index (κ2) is 17.3. The Morgan fingerprint density at radius 2 is 1.15 bits per heavy atom. The summed E-state index contributed by atoms with van der Waals surface area (Å²) in [6.07, 6.45) is 0.124. The van der Waals surface area contributed by atoms with Crippen molar-refractivity contribution < 1.29 is 34.9 Å². The van der Waals surface area contributed by atoms with Crippen molar-refractivity contribution in [3.8, 4) is 0 Å². The van der Waals surface area contributed by atoms with Gasteiger partial charge in [0.05, 0.1) is 6.42 Å². The molecule has 0 aliphatic rings. The Labute approximate surface area is 192 Å². The van der Waals surface area contributed by atoms with Gasteiger partial charge in [0, 0.05) is 34.0 Å². The lowest BCUT2D eigenvalue weighted by Crippen LogP contribution is -2.46. The summed E-state index contributed by atoms with van der Waals surface area (Å²) >= 11 is 0. The zero-order valence-electron chi connectivity index (χ0n) is 19.0. The van der Waals surface area contributed by atoms with Crippen LogP contribution in [0.4, 0.5) is 0 Å². The molecule has 0 saturated carbocycles. The minimum atomic E-state index is -1.90. The summed E-state index contributed by atoms with van der Waals surface area (Å²) in [5.41, 5.74) is 0. The van der Waals surface area contributed by atoms with Crippen molar-refractivity contribution >= 4 is 6.29 Å². The van der Waals surface area contributed by atoms with Crippen LogP contribution in [0.2, 0.25) is 0 Å². The van der Waals surface area contributed by atoms with Crippen LogP contribution in [0.1, 0.15) is 84.0 Å². The Morgan fingerprint density at radius 3 is 1.67 bits per heavy atom. The summed E-state index contributed by atoms with van der Waals surface area (Å²) < 4.78 is 0. The molecule has 0 rings (SSSR count). The molecule has 0 amide bonds. The maximum absolute atomic E-state index is 11.5. The van der Waals surface area contributed by atoms with Gasteiger partial charge in [0.2, 0.25) is 18.1 Å². The summed E-state index contributed by atoms with van der Waals surface area (Å²) in [5, 5.41) is 64.7. The molecule has 0 heterocycles. The summed E-state index contributed by atoms with van der Waals surface area (Å²) in [5.74, 6) is 0. The van der Waals surface area contributed by atoms with Gasteiger partial charge in [-0.1, -0.05) is 45.4 Å². The van der Waals surface area contributed by atoms with Crippen LogP contribution in [-0.4, -0.2) is 72.8 Å². The Bertz CT molecular complexity index is 607. The van der Waals surface area contributed by atoms with E-state index in [2.05, 4.69) is 6.92 Å². The van der Waals surface area contributed by atoms with E-state index in [9.17, 15) is 50.5 Å². The number of rotatable bonds is 21.